The van der Waals surface area contributed by atoms with Crippen LogP contribution in [0.15, 0.2) is 29.2 Å². The molecule has 1 aromatic rings. The molecule has 0 atom stereocenters. The van der Waals surface area contributed by atoms with Crippen molar-refractivity contribution >= 4 is 21.7 Å². The maximum absolute atomic E-state index is 12.1. The van der Waals surface area contributed by atoms with Crippen LogP contribution in [0.2, 0.25) is 0 Å². The molecule has 1 aliphatic heterocycles. The molecular formula is C17H24N2O4S. The number of hydrogen-bond acceptors (Lipinski definition) is 4. The lowest BCUT2D eigenvalue weighted by Crippen LogP contribution is -2.35. The Kier molecular flexibility index (Phi) is 6.36. The highest BCUT2D eigenvalue weighted by Crippen LogP contribution is 2.11. The third-order valence-corrected chi connectivity index (χ3v) is 5.26. The zero-order valence-electron chi connectivity index (χ0n) is 14.0. The van der Waals surface area contributed by atoms with Crippen molar-refractivity contribution in [2.75, 3.05) is 25.9 Å². The Hall–Kier alpha value is -1.89. The number of likely N-dealkylation sites (tertiary alicyclic amines) is 1. The summed E-state index contributed by atoms with van der Waals surface area (Å²) >= 11 is 0. The number of amides is 2. The van der Waals surface area contributed by atoms with Crippen molar-refractivity contribution in [1.82, 2.24) is 10.2 Å². The van der Waals surface area contributed by atoms with E-state index >= 15 is 0 Å². The molecule has 0 unspecified atom stereocenters. The average molecular weight is 352 g/mol. The van der Waals surface area contributed by atoms with Gasteiger partial charge in [-0.25, -0.2) is 8.42 Å². The van der Waals surface area contributed by atoms with Crippen molar-refractivity contribution < 1.29 is 18.0 Å². The van der Waals surface area contributed by atoms with Crippen molar-refractivity contribution in [2.24, 2.45) is 0 Å². The molecule has 7 heteroatoms. The molecule has 0 spiro atoms. The minimum Gasteiger partial charge on any atom is -0.352 e. The van der Waals surface area contributed by atoms with Gasteiger partial charge in [0.1, 0.15) is 0 Å². The van der Waals surface area contributed by atoms with E-state index in [1.165, 1.54) is 37.1 Å². The van der Waals surface area contributed by atoms with Crippen LogP contribution in [0, 0.1) is 0 Å². The summed E-state index contributed by atoms with van der Waals surface area (Å²) < 4.78 is 22.8. The normalized spacial score (nSPS) is 15.6. The maximum Gasteiger partial charge on any atom is 0.251 e. The summed E-state index contributed by atoms with van der Waals surface area (Å²) in [6, 6.07) is 5.77. The van der Waals surface area contributed by atoms with Gasteiger partial charge in [0.2, 0.25) is 5.91 Å². The van der Waals surface area contributed by atoms with Crippen molar-refractivity contribution in [1.29, 1.82) is 0 Å². The van der Waals surface area contributed by atoms with Crippen LogP contribution in [0.4, 0.5) is 0 Å². The molecule has 6 nitrogen and oxygen atoms in total. The summed E-state index contributed by atoms with van der Waals surface area (Å²) in [5.74, 6) is -0.233. The summed E-state index contributed by atoms with van der Waals surface area (Å²) in [4.78, 5) is 26.2. The number of rotatable bonds is 5. The predicted molar refractivity (Wildman–Crippen MR) is 91.6 cm³/mol. The van der Waals surface area contributed by atoms with E-state index in [4.69, 9.17) is 0 Å². The van der Waals surface area contributed by atoms with Crippen molar-refractivity contribution in [3.8, 4) is 0 Å². The van der Waals surface area contributed by atoms with Crippen LogP contribution >= 0.6 is 0 Å². The lowest BCUT2D eigenvalue weighted by molar-refractivity contribution is -0.131. The first-order chi connectivity index (χ1) is 11.4. The van der Waals surface area contributed by atoms with Crippen LogP contribution in [0.25, 0.3) is 0 Å². The highest BCUT2D eigenvalue weighted by atomic mass is 32.2. The van der Waals surface area contributed by atoms with Crippen LogP contribution in [0.1, 0.15) is 42.5 Å². The Morgan fingerprint density at radius 3 is 2.17 bits per heavy atom. The minimum absolute atomic E-state index is 0.0737. The fourth-order valence-electron chi connectivity index (χ4n) is 2.72. The van der Waals surface area contributed by atoms with Gasteiger partial charge in [-0.05, 0) is 37.1 Å². The van der Waals surface area contributed by atoms with Gasteiger partial charge < -0.3 is 10.2 Å². The molecule has 0 aromatic heterocycles. The predicted octanol–water partition coefficient (Wildman–Crippen LogP) is 1.61. The van der Waals surface area contributed by atoms with Gasteiger partial charge in [-0.2, -0.15) is 0 Å². The Bertz CT molecular complexity index is 675. The van der Waals surface area contributed by atoms with Crippen LogP contribution < -0.4 is 5.32 Å². The molecule has 0 bridgehead atoms. The number of nitrogens with zero attached hydrogens (tertiary/aromatic N) is 1. The van der Waals surface area contributed by atoms with Gasteiger partial charge in [0.15, 0.2) is 9.84 Å². The summed E-state index contributed by atoms with van der Waals surface area (Å²) in [5, 5.41) is 2.71. The van der Waals surface area contributed by atoms with E-state index < -0.39 is 9.84 Å². The van der Waals surface area contributed by atoms with Crippen molar-refractivity contribution in [3.63, 3.8) is 0 Å². The Labute approximate surface area is 143 Å². The van der Waals surface area contributed by atoms with E-state index in [1.54, 1.807) is 0 Å². The summed E-state index contributed by atoms with van der Waals surface area (Å²) in [5.41, 5.74) is 0.379. The Balaban J connectivity index is 1.81. The quantitative estimate of drug-likeness (QED) is 0.873. The molecule has 0 radical (unpaired) electrons. The second-order valence-electron chi connectivity index (χ2n) is 6.10. The number of carbonyl (C=O) groups excluding carboxylic acids is 2. The van der Waals surface area contributed by atoms with Crippen LogP contribution in [0.5, 0.6) is 0 Å². The molecule has 1 fully saturated rings. The third-order valence-electron chi connectivity index (χ3n) is 4.13. The molecular weight excluding hydrogens is 328 g/mol. The highest BCUT2D eigenvalue weighted by molar-refractivity contribution is 7.90. The monoisotopic (exact) mass is 352 g/mol. The maximum atomic E-state index is 12.1. The second kappa shape index (κ2) is 8.28. The van der Waals surface area contributed by atoms with E-state index in [0.717, 1.165) is 32.2 Å². The zero-order chi connectivity index (χ0) is 17.6. The fourth-order valence-corrected chi connectivity index (χ4v) is 3.35. The molecule has 24 heavy (non-hydrogen) atoms. The Morgan fingerprint density at radius 2 is 1.62 bits per heavy atom. The number of nitrogens with one attached hydrogen (secondary N) is 1. The lowest BCUT2D eigenvalue weighted by Gasteiger charge is -2.20. The number of benzene rings is 1. The first kappa shape index (κ1) is 18.4. The van der Waals surface area contributed by atoms with Gasteiger partial charge in [-0.15, -0.1) is 0 Å². The first-order valence-electron chi connectivity index (χ1n) is 8.24. The van der Waals surface area contributed by atoms with Gasteiger partial charge in [-0.3, -0.25) is 9.59 Å². The molecule has 0 aliphatic carbocycles. The van der Waals surface area contributed by atoms with Gasteiger partial charge in [-0.1, -0.05) is 12.8 Å². The van der Waals surface area contributed by atoms with Crippen molar-refractivity contribution in [2.45, 2.75) is 37.0 Å². The average Bonchev–Trinajstić information content (AvgIpc) is 2.83. The standard InChI is InChI=1S/C17H24N2O4S/c1-24(22,23)15-8-6-14(7-9-15)17(21)18-11-10-16(20)19-12-4-2-3-5-13-19/h6-9H,2-5,10-13H2,1H3,(H,18,21). The molecule has 2 amide bonds. The van der Waals surface area contributed by atoms with E-state index in [9.17, 15) is 18.0 Å². The summed E-state index contributed by atoms with van der Waals surface area (Å²) in [6.45, 7) is 1.89. The first-order valence-corrected chi connectivity index (χ1v) is 10.1. The number of carbonyl (C=O) groups is 2. The number of sulfone groups is 1. The van der Waals surface area contributed by atoms with Crippen LogP contribution in [-0.2, 0) is 14.6 Å². The summed E-state index contributed by atoms with van der Waals surface area (Å²) in [6.07, 6.45) is 5.84. The van der Waals surface area contributed by atoms with Crippen molar-refractivity contribution in [3.05, 3.63) is 29.8 Å². The highest BCUT2D eigenvalue weighted by Gasteiger charge is 2.15. The fraction of sp³-hybridized carbons (Fsp3) is 0.529. The second-order valence-corrected chi connectivity index (χ2v) is 8.11. The Morgan fingerprint density at radius 1 is 1.04 bits per heavy atom. The van der Waals surface area contributed by atoms with Crippen LogP contribution in [-0.4, -0.2) is 51.0 Å². The molecule has 132 valence electrons. The minimum atomic E-state index is -3.27. The van der Waals surface area contributed by atoms with Gasteiger partial charge >= 0.3 is 0 Å². The van der Waals surface area contributed by atoms with Gasteiger partial charge in [0.25, 0.3) is 5.91 Å². The lowest BCUT2D eigenvalue weighted by atomic mass is 10.2. The molecule has 1 saturated heterocycles. The van der Waals surface area contributed by atoms with E-state index in [2.05, 4.69) is 5.32 Å². The smallest absolute Gasteiger partial charge is 0.251 e. The zero-order valence-corrected chi connectivity index (χ0v) is 14.8. The van der Waals surface area contributed by atoms with E-state index in [1.807, 2.05) is 4.90 Å². The van der Waals surface area contributed by atoms with Gasteiger partial charge in [0, 0.05) is 37.9 Å². The number of hydrogen-bond donors (Lipinski definition) is 1. The molecule has 1 aromatic carbocycles. The molecule has 1 aliphatic rings. The topological polar surface area (TPSA) is 83.5 Å². The van der Waals surface area contributed by atoms with Gasteiger partial charge in [0.05, 0.1) is 4.90 Å². The molecule has 0 saturated carbocycles. The molecule has 2 rings (SSSR count). The van der Waals surface area contributed by atoms with Crippen LogP contribution in [0.3, 0.4) is 0 Å². The molecule has 1 N–H and O–H groups in total. The molecule has 1 heterocycles. The third kappa shape index (κ3) is 5.33. The SMILES string of the molecule is CS(=O)(=O)c1ccc(C(=O)NCCC(=O)N2CCCCCC2)cc1. The summed E-state index contributed by atoms with van der Waals surface area (Å²) in [7, 11) is -3.27. The van der Waals surface area contributed by atoms with E-state index in [0.29, 0.717) is 5.56 Å². The largest absolute Gasteiger partial charge is 0.352 e. The van der Waals surface area contributed by atoms with E-state index in [-0.39, 0.29) is 29.7 Å².